The minimum absolute atomic E-state index is 0.0249. The van der Waals surface area contributed by atoms with E-state index in [9.17, 15) is 18.0 Å². The molecule has 1 spiro atoms. The molecular weight excluding hydrogens is 341 g/mol. The van der Waals surface area contributed by atoms with Crippen molar-refractivity contribution < 1.29 is 36.9 Å². The van der Waals surface area contributed by atoms with Crippen molar-refractivity contribution in [3.63, 3.8) is 0 Å². The van der Waals surface area contributed by atoms with Gasteiger partial charge < -0.3 is 18.9 Å². The van der Waals surface area contributed by atoms with Crippen LogP contribution < -0.4 is 0 Å². The van der Waals surface area contributed by atoms with Crippen molar-refractivity contribution in [2.24, 2.45) is 11.8 Å². The summed E-state index contributed by atoms with van der Waals surface area (Å²) in [5.41, 5.74) is -1.57. The van der Waals surface area contributed by atoms with Gasteiger partial charge in [-0.05, 0) is 19.8 Å². The monoisotopic (exact) mass is 364 g/mol. The van der Waals surface area contributed by atoms with Crippen LogP contribution in [0.2, 0.25) is 0 Å². The molecule has 25 heavy (non-hydrogen) atoms. The smallest absolute Gasteiger partial charge is 0.391 e. The van der Waals surface area contributed by atoms with Crippen molar-refractivity contribution in [2.75, 3.05) is 20.8 Å². The number of ether oxygens (including phenoxy) is 4. The van der Waals surface area contributed by atoms with E-state index in [2.05, 4.69) is 0 Å². The van der Waals surface area contributed by atoms with Crippen LogP contribution in [0.5, 0.6) is 0 Å². The Labute approximate surface area is 144 Å². The number of methoxy groups -OCH3 is 2. The summed E-state index contributed by atoms with van der Waals surface area (Å²) >= 11 is 0. The molecule has 0 N–H and O–H groups in total. The third kappa shape index (κ3) is 2.98. The van der Waals surface area contributed by atoms with E-state index in [0.29, 0.717) is 12.4 Å². The highest BCUT2D eigenvalue weighted by Gasteiger charge is 2.74. The minimum Gasteiger partial charge on any atom is -0.498 e. The highest BCUT2D eigenvalue weighted by Crippen LogP contribution is 2.59. The van der Waals surface area contributed by atoms with Crippen LogP contribution in [0.15, 0.2) is 11.8 Å². The summed E-state index contributed by atoms with van der Waals surface area (Å²) in [5.74, 6) is -1.67. The Morgan fingerprint density at radius 3 is 2.52 bits per heavy atom. The van der Waals surface area contributed by atoms with E-state index < -0.39 is 35.3 Å². The van der Waals surface area contributed by atoms with Gasteiger partial charge in [-0.15, -0.1) is 0 Å². The van der Waals surface area contributed by atoms with Gasteiger partial charge in [-0.25, -0.2) is 0 Å². The molecular formula is C17H23F3O5. The number of hydrogen-bond acceptors (Lipinski definition) is 5. The van der Waals surface area contributed by atoms with E-state index in [1.807, 2.05) is 6.92 Å². The third-order valence-corrected chi connectivity index (χ3v) is 5.72. The van der Waals surface area contributed by atoms with Gasteiger partial charge in [0.05, 0.1) is 31.7 Å². The summed E-state index contributed by atoms with van der Waals surface area (Å²) in [6.45, 7) is 3.34. The van der Waals surface area contributed by atoms with Gasteiger partial charge in [-0.1, -0.05) is 6.92 Å². The molecule has 2 aliphatic heterocycles. The number of rotatable bonds is 6. The van der Waals surface area contributed by atoms with E-state index >= 15 is 0 Å². The summed E-state index contributed by atoms with van der Waals surface area (Å²) in [4.78, 5) is 12.4. The molecule has 0 aromatic heterocycles. The lowest BCUT2D eigenvalue weighted by molar-refractivity contribution is -0.171. The molecule has 3 aliphatic rings. The molecule has 2 unspecified atom stereocenters. The zero-order valence-electron chi connectivity index (χ0n) is 14.7. The first-order chi connectivity index (χ1) is 11.6. The molecule has 8 heteroatoms. The molecule has 0 aromatic carbocycles. The van der Waals surface area contributed by atoms with Crippen molar-refractivity contribution in [3.05, 3.63) is 11.8 Å². The van der Waals surface area contributed by atoms with E-state index in [0.717, 1.165) is 0 Å². The van der Waals surface area contributed by atoms with Crippen LogP contribution in [0.4, 0.5) is 13.2 Å². The number of carbonyl (C=O) groups excluding carboxylic acids is 1. The summed E-state index contributed by atoms with van der Waals surface area (Å²) < 4.78 is 60.3. The molecule has 0 saturated carbocycles. The van der Waals surface area contributed by atoms with Crippen molar-refractivity contribution in [1.82, 2.24) is 0 Å². The maximum atomic E-state index is 12.7. The van der Waals surface area contributed by atoms with Crippen LogP contribution in [-0.4, -0.2) is 56.2 Å². The van der Waals surface area contributed by atoms with Crippen LogP contribution in [0.25, 0.3) is 0 Å². The normalized spacial score (nSPS) is 41.5. The van der Waals surface area contributed by atoms with Crippen molar-refractivity contribution in [1.29, 1.82) is 0 Å². The molecule has 2 heterocycles. The Hall–Kier alpha value is -1.12. The number of halogens is 3. The lowest BCUT2D eigenvalue weighted by atomic mass is 9.70. The highest BCUT2D eigenvalue weighted by molar-refractivity contribution is 5.96. The summed E-state index contributed by atoms with van der Waals surface area (Å²) in [5, 5.41) is 0. The molecule has 2 fully saturated rings. The van der Waals surface area contributed by atoms with Crippen molar-refractivity contribution >= 4 is 5.78 Å². The predicted molar refractivity (Wildman–Crippen MR) is 80.8 cm³/mol. The van der Waals surface area contributed by atoms with Crippen LogP contribution >= 0.6 is 0 Å². The Morgan fingerprint density at radius 1 is 1.40 bits per heavy atom. The van der Waals surface area contributed by atoms with Gasteiger partial charge in [-0.2, -0.15) is 13.2 Å². The van der Waals surface area contributed by atoms with Crippen LogP contribution in [0.1, 0.15) is 26.7 Å². The second-order valence-electron chi connectivity index (χ2n) is 7.24. The first kappa shape index (κ1) is 18.7. The van der Waals surface area contributed by atoms with E-state index in [4.69, 9.17) is 18.9 Å². The Balaban J connectivity index is 1.76. The number of alkyl halides is 3. The molecule has 142 valence electrons. The molecule has 2 saturated heterocycles. The maximum Gasteiger partial charge on any atom is 0.391 e. The maximum absolute atomic E-state index is 12.7. The molecule has 0 radical (unpaired) electrons. The molecule has 3 rings (SSSR count). The summed E-state index contributed by atoms with van der Waals surface area (Å²) in [6, 6.07) is 0. The van der Waals surface area contributed by atoms with E-state index in [1.165, 1.54) is 27.2 Å². The van der Waals surface area contributed by atoms with Gasteiger partial charge in [-0.3, -0.25) is 4.79 Å². The molecule has 0 bridgehead atoms. The van der Waals surface area contributed by atoms with Crippen molar-refractivity contribution in [3.8, 4) is 0 Å². The zero-order valence-corrected chi connectivity index (χ0v) is 14.7. The van der Waals surface area contributed by atoms with E-state index in [-0.39, 0.29) is 24.7 Å². The largest absolute Gasteiger partial charge is 0.498 e. The fourth-order valence-electron chi connectivity index (χ4n) is 4.00. The number of ketones is 1. The molecule has 1 aliphatic carbocycles. The van der Waals surface area contributed by atoms with Gasteiger partial charge in [0, 0.05) is 13.2 Å². The number of epoxide rings is 2. The SMILES string of the molecule is COC1=CC(=O)[C@@H](OC)[C@H](C2(C)O[C@@H]2CCC(C)C(F)(F)F)[C@@]12CO2. The quantitative estimate of drug-likeness (QED) is 0.678. The number of carbonyl (C=O) groups is 1. The topological polar surface area (TPSA) is 60.6 Å². The Bertz CT molecular complexity index is 583. The number of hydrogen-bond donors (Lipinski definition) is 0. The highest BCUT2D eigenvalue weighted by atomic mass is 19.4. The predicted octanol–water partition coefficient (Wildman–Crippen LogP) is 2.64. The van der Waals surface area contributed by atoms with Gasteiger partial charge in [0.2, 0.25) is 0 Å². The molecule has 0 aromatic rings. The van der Waals surface area contributed by atoms with Gasteiger partial charge >= 0.3 is 6.18 Å². The average molecular weight is 364 g/mol. The summed E-state index contributed by atoms with van der Waals surface area (Å²) in [7, 11) is 2.90. The Morgan fingerprint density at radius 2 is 2.04 bits per heavy atom. The first-order valence-electron chi connectivity index (χ1n) is 8.31. The second kappa shape index (κ2) is 5.96. The lowest BCUT2D eigenvalue weighted by Gasteiger charge is -2.36. The van der Waals surface area contributed by atoms with Gasteiger partial charge in [0.15, 0.2) is 11.4 Å². The van der Waals surface area contributed by atoms with Gasteiger partial charge in [0.1, 0.15) is 17.5 Å². The minimum atomic E-state index is -4.21. The zero-order chi connectivity index (χ0) is 18.6. The average Bonchev–Trinajstić information content (AvgIpc) is 3.44. The summed E-state index contributed by atoms with van der Waals surface area (Å²) in [6.07, 6.45) is -3.73. The first-order valence-corrected chi connectivity index (χ1v) is 8.31. The Kier molecular flexibility index (Phi) is 4.45. The molecule has 6 atom stereocenters. The lowest BCUT2D eigenvalue weighted by Crippen LogP contribution is -2.53. The van der Waals surface area contributed by atoms with E-state index in [1.54, 1.807) is 0 Å². The van der Waals surface area contributed by atoms with Gasteiger partial charge in [0.25, 0.3) is 0 Å². The fourth-order valence-corrected chi connectivity index (χ4v) is 4.00. The second-order valence-corrected chi connectivity index (χ2v) is 7.24. The van der Waals surface area contributed by atoms with Crippen LogP contribution in [0.3, 0.4) is 0 Å². The fraction of sp³-hybridized carbons (Fsp3) is 0.824. The molecule has 5 nitrogen and oxygen atoms in total. The van der Waals surface area contributed by atoms with Crippen molar-refractivity contribution in [2.45, 2.75) is 56.3 Å². The molecule has 0 amide bonds. The standard InChI is InChI=1S/C17H23F3O5/c1-9(17(18,19)20)5-6-11-15(2,25-11)14-13(23-4)10(21)7-12(22-3)16(14)8-24-16/h7,9,11,13-14H,5-6,8H2,1-4H3/t9?,11-,13-,14-,15?,16-/m1/s1. The van der Waals surface area contributed by atoms with Crippen LogP contribution in [-0.2, 0) is 23.7 Å². The van der Waals surface area contributed by atoms with Crippen LogP contribution in [0, 0.1) is 11.8 Å². The third-order valence-electron chi connectivity index (χ3n) is 5.72.